The molecule has 1 aromatic carbocycles. The summed E-state index contributed by atoms with van der Waals surface area (Å²) in [5.41, 5.74) is 1.02. The number of furan rings is 1. The van der Waals surface area contributed by atoms with Crippen LogP contribution in [0, 0.1) is 13.8 Å². The SMILES string of the molecule is Cc1oc(-c2ccccc2)c(C(=O)NC(CC(F)(F)F)C(=O)O)c1C. The Hall–Kier alpha value is -2.77. The van der Waals surface area contributed by atoms with E-state index in [2.05, 4.69) is 0 Å². The summed E-state index contributed by atoms with van der Waals surface area (Å²) in [5, 5.41) is 10.9. The van der Waals surface area contributed by atoms with Crippen molar-refractivity contribution in [1.82, 2.24) is 5.32 Å². The van der Waals surface area contributed by atoms with E-state index in [4.69, 9.17) is 9.52 Å². The number of halogens is 3. The standard InChI is InChI=1S/C17H16F3NO4/c1-9-10(2)25-14(11-6-4-3-5-7-11)13(9)15(22)21-12(16(23)24)8-17(18,19)20/h3-7,12H,8H2,1-2H3,(H,21,22)(H,23,24). The Balaban J connectivity index is 2.37. The summed E-state index contributed by atoms with van der Waals surface area (Å²) < 4.78 is 43.1. The molecule has 25 heavy (non-hydrogen) atoms. The van der Waals surface area contributed by atoms with E-state index in [0.717, 1.165) is 0 Å². The van der Waals surface area contributed by atoms with Gasteiger partial charge in [0.25, 0.3) is 5.91 Å². The molecule has 0 bridgehead atoms. The van der Waals surface area contributed by atoms with Crippen molar-refractivity contribution in [3.05, 3.63) is 47.2 Å². The number of carbonyl (C=O) groups is 2. The van der Waals surface area contributed by atoms with Crippen LogP contribution in [-0.4, -0.2) is 29.2 Å². The first-order valence-electron chi connectivity index (χ1n) is 7.36. The summed E-state index contributed by atoms with van der Waals surface area (Å²) >= 11 is 0. The number of carbonyl (C=O) groups excluding carboxylic acids is 1. The summed E-state index contributed by atoms with van der Waals surface area (Å²) in [6.45, 7) is 3.20. The van der Waals surface area contributed by atoms with Crippen LogP contribution >= 0.6 is 0 Å². The largest absolute Gasteiger partial charge is 0.480 e. The molecule has 0 aliphatic heterocycles. The topological polar surface area (TPSA) is 79.5 Å². The van der Waals surface area contributed by atoms with Gasteiger partial charge in [0, 0.05) is 11.1 Å². The van der Waals surface area contributed by atoms with E-state index in [0.29, 0.717) is 16.9 Å². The Morgan fingerprint density at radius 1 is 1.20 bits per heavy atom. The number of carboxylic acid groups (broad SMARTS) is 1. The average Bonchev–Trinajstić information content (AvgIpc) is 2.82. The maximum Gasteiger partial charge on any atom is 0.391 e. The van der Waals surface area contributed by atoms with Crippen LogP contribution in [0.15, 0.2) is 34.7 Å². The Kier molecular flexibility index (Phi) is 5.20. The quantitative estimate of drug-likeness (QED) is 0.857. The molecule has 2 rings (SSSR count). The number of hydrogen-bond acceptors (Lipinski definition) is 3. The van der Waals surface area contributed by atoms with Crippen molar-refractivity contribution in [2.75, 3.05) is 0 Å². The number of rotatable bonds is 5. The van der Waals surface area contributed by atoms with Crippen LogP contribution in [0.2, 0.25) is 0 Å². The van der Waals surface area contributed by atoms with E-state index in [-0.39, 0.29) is 11.3 Å². The lowest BCUT2D eigenvalue weighted by Crippen LogP contribution is -2.43. The highest BCUT2D eigenvalue weighted by molar-refractivity contribution is 6.02. The van der Waals surface area contributed by atoms with Gasteiger partial charge in [0.2, 0.25) is 0 Å². The third-order valence-electron chi connectivity index (χ3n) is 3.69. The number of amides is 1. The third kappa shape index (κ3) is 4.40. The molecule has 2 N–H and O–H groups in total. The van der Waals surface area contributed by atoms with Gasteiger partial charge in [-0.1, -0.05) is 30.3 Å². The van der Waals surface area contributed by atoms with Crippen LogP contribution in [0.25, 0.3) is 11.3 Å². The minimum absolute atomic E-state index is 0.0251. The van der Waals surface area contributed by atoms with Crippen molar-refractivity contribution in [2.24, 2.45) is 0 Å². The van der Waals surface area contributed by atoms with Gasteiger partial charge in [0.15, 0.2) is 0 Å². The first-order chi connectivity index (χ1) is 11.6. The minimum Gasteiger partial charge on any atom is -0.480 e. The highest BCUT2D eigenvalue weighted by atomic mass is 19.4. The lowest BCUT2D eigenvalue weighted by Gasteiger charge is -2.16. The Morgan fingerprint density at radius 3 is 2.32 bits per heavy atom. The molecule has 134 valence electrons. The van der Waals surface area contributed by atoms with E-state index < -0.39 is 30.5 Å². The molecule has 1 heterocycles. The third-order valence-corrected chi connectivity index (χ3v) is 3.69. The first kappa shape index (κ1) is 18.6. The monoisotopic (exact) mass is 355 g/mol. The molecule has 0 radical (unpaired) electrons. The smallest absolute Gasteiger partial charge is 0.391 e. The Labute approximate surface area is 141 Å². The van der Waals surface area contributed by atoms with Crippen molar-refractivity contribution in [2.45, 2.75) is 32.5 Å². The molecule has 0 spiro atoms. The fraction of sp³-hybridized carbons (Fsp3) is 0.294. The Morgan fingerprint density at radius 2 is 1.80 bits per heavy atom. The van der Waals surface area contributed by atoms with Gasteiger partial charge in [-0.25, -0.2) is 4.79 Å². The number of aliphatic carboxylic acids is 1. The van der Waals surface area contributed by atoms with Gasteiger partial charge < -0.3 is 14.8 Å². The Bertz CT molecular complexity index is 781. The second-order valence-corrected chi connectivity index (χ2v) is 5.54. The summed E-state index contributed by atoms with van der Waals surface area (Å²) in [6.07, 6.45) is -6.38. The predicted molar refractivity (Wildman–Crippen MR) is 83.2 cm³/mol. The number of nitrogens with one attached hydrogen (secondary N) is 1. The van der Waals surface area contributed by atoms with E-state index in [1.54, 1.807) is 44.2 Å². The van der Waals surface area contributed by atoms with Gasteiger partial charge in [0.05, 0.1) is 12.0 Å². The number of aryl methyl sites for hydroxylation is 1. The van der Waals surface area contributed by atoms with Crippen molar-refractivity contribution in [3.63, 3.8) is 0 Å². The minimum atomic E-state index is -4.72. The molecule has 1 amide bonds. The second kappa shape index (κ2) is 7.00. The fourth-order valence-corrected chi connectivity index (χ4v) is 2.36. The molecule has 1 unspecified atom stereocenters. The molecule has 8 heteroatoms. The van der Waals surface area contributed by atoms with Crippen molar-refractivity contribution < 1.29 is 32.3 Å². The predicted octanol–water partition coefficient (Wildman–Crippen LogP) is 3.70. The lowest BCUT2D eigenvalue weighted by molar-refractivity contribution is -0.157. The highest BCUT2D eigenvalue weighted by Crippen LogP contribution is 2.31. The van der Waals surface area contributed by atoms with Crippen LogP contribution in [-0.2, 0) is 4.79 Å². The van der Waals surface area contributed by atoms with Crippen LogP contribution in [0.5, 0.6) is 0 Å². The molecule has 0 saturated heterocycles. The molecule has 0 aliphatic rings. The van der Waals surface area contributed by atoms with Crippen LogP contribution < -0.4 is 5.32 Å². The second-order valence-electron chi connectivity index (χ2n) is 5.54. The molecule has 2 aromatic rings. The van der Waals surface area contributed by atoms with Gasteiger partial charge >= 0.3 is 12.1 Å². The molecule has 5 nitrogen and oxygen atoms in total. The van der Waals surface area contributed by atoms with Gasteiger partial charge in [-0.15, -0.1) is 0 Å². The normalized spacial score (nSPS) is 12.7. The molecular formula is C17H16F3NO4. The number of benzene rings is 1. The summed E-state index contributed by atoms with van der Waals surface area (Å²) in [4.78, 5) is 23.5. The van der Waals surface area contributed by atoms with Crippen LogP contribution in [0.1, 0.15) is 28.1 Å². The summed E-state index contributed by atoms with van der Waals surface area (Å²) in [6, 6.07) is 6.47. The van der Waals surface area contributed by atoms with Crippen LogP contribution in [0.4, 0.5) is 13.2 Å². The van der Waals surface area contributed by atoms with Crippen LogP contribution in [0.3, 0.4) is 0 Å². The fourth-order valence-electron chi connectivity index (χ4n) is 2.36. The van der Waals surface area contributed by atoms with Gasteiger partial charge in [-0.05, 0) is 13.8 Å². The molecule has 1 atom stereocenters. The number of hydrogen-bond donors (Lipinski definition) is 2. The highest BCUT2D eigenvalue weighted by Gasteiger charge is 2.37. The molecule has 0 aliphatic carbocycles. The van der Waals surface area contributed by atoms with Gasteiger partial charge in [-0.3, -0.25) is 4.79 Å². The number of alkyl halides is 3. The summed E-state index contributed by atoms with van der Waals surface area (Å²) in [5.74, 6) is -2.08. The zero-order valence-corrected chi connectivity index (χ0v) is 13.5. The van der Waals surface area contributed by atoms with Gasteiger partial charge in [0.1, 0.15) is 17.6 Å². The van der Waals surface area contributed by atoms with Gasteiger partial charge in [-0.2, -0.15) is 13.2 Å². The van der Waals surface area contributed by atoms with Crippen molar-refractivity contribution >= 4 is 11.9 Å². The first-order valence-corrected chi connectivity index (χ1v) is 7.36. The maximum atomic E-state index is 12.5. The van der Waals surface area contributed by atoms with E-state index in [1.165, 1.54) is 0 Å². The van der Waals surface area contributed by atoms with Crippen molar-refractivity contribution in [1.29, 1.82) is 0 Å². The molecular weight excluding hydrogens is 339 g/mol. The van der Waals surface area contributed by atoms with E-state index in [9.17, 15) is 22.8 Å². The zero-order chi connectivity index (χ0) is 18.8. The molecule has 0 fully saturated rings. The lowest BCUT2D eigenvalue weighted by atomic mass is 10.0. The summed E-state index contributed by atoms with van der Waals surface area (Å²) in [7, 11) is 0. The zero-order valence-electron chi connectivity index (χ0n) is 13.5. The van der Waals surface area contributed by atoms with E-state index in [1.807, 2.05) is 5.32 Å². The number of carboxylic acids is 1. The maximum absolute atomic E-state index is 12.5. The molecule has 0 saturated carbocycles. The van der Waals surface area contributed by atoms with Crippen molar-refractivity contribution in [3.8, 4) is 11.3 Å². The average molecular weight is 355 g/mol. The molecule has 1 aromatic heterocycles. The van der Waals surface area contributed by atoms with E-state index >= 15 is 0 Å².